The number of carbonyl (C=O) groups is 3. The lowest BCUT2D eigenvalue weighted by molar-refractivity contribution is -0.123. The van der Waals surface area contributed by atoms with Gasteiger partial charge in [-0.3, -0.25) is 10.1 Å². The van der Waals surface area contributed by atoms with E-state index in [1.807, 2.05) is 5.32 Å². The second kappa shape index (κ2) is 9.88. The fourth-order valence-corrected chi connectivity index (χ4v) is 3.62. The smallest absolute Gasteiger partial charge is 0.339 e. The fourth-order valence-electron chi connectivity index (χ4n) is 2.38. The van der Waals surface area contributed by atoms with Crippen LogP contribution in [0.5, 0.6) is 5.75 Å². The first kappa shape index (κ1) is 22.9. The van der Waals surface area contributed by atoms with Crippen LogP contribution in [0.4, 0.5) is 4.79 Å². The molecule has 0 aliphatic rings. The van der Waals surface area contributed by atoms with Gasteiger partial charge in [0.25, 0.3) is 5.91 Å². The number of esters is 1. The highest BCUT2D eigenvalue weighted by molar-refractivity contribution is 7.87. The van der Waals surface area contributed by atoms with Crippen molar-refractivity contribution in [2.75, 3.05) is 13.2 Å². The molecule has 2 aromatic carbocycles. The summed E-state index contributed by atoms with van der Waals surface area (Å²) in [5.41, 5.74) is 1.40. The number of hydrogen-bond acceptors (Lipinski definition) is 7. The highest BCUT2D eigenvalue weighted by atomic mass is 32.2. The normalized spacial score (nSPS) is 10.8. The van der Waals surface area contributed by atoms with Crippen molar-refractivity contribution < 1.29 is 31.7 Å². The van der Waals surface area contributed by atoms with Gasteiger partial charge in [0.1, 0.15) is 10.6 Å². The number of amides is 3. The van der Waals surface area contributed by atoms with E-state index in [1.54, 1.807) is 32.9 Å². The van der Waals surface area contributed by atoms with E-state index in [-0.39, 0.29) is 16.2 Å². The zero-order valence-corrected chi connectivity index (χ0v) is 17.5. The van der Waals surface area contributed by atoms with Crippen molar-refractivity contribution >= 4 is 28.0 Å². The molecule has 160 valence electrons. The van der Waals surface area contributed by atoms with E-state index in [0.717, 1.165) is 5.56 Å². The maximum absolute atomic E-state index is 12.5. The van der Waals surface area contributed by atoms with Crippen LogP contribution >= 0.6 is 0 Å². The molecule has 30 heavy (non-hydrogen) atoms. The molecule has 0 aromatic heterocycles. The lowest BCUT2D eigenvalue weighted by atomic mass is 10.2. The molecule has 0 fully saturated rings. The Morgan fingerprint density at radius 3 is 2.30 bits per heavy atom. The molecule has 2 rings (SSSR count). The van der Waals surface area contributed by atoms with Crippen LogP contribution in [0.3, 0.4) is 0 Å². The third-order valence-corrected chi connectivity index (χ3v) is 5.22. The maximum Gasteiger partial charge on any atom is 0.339 e. The Balaban J connectivity index is 1.99. The number of benzene rings is 2. The van der Waals surface area contributed by atoms with Crippen molar-refractivity contribution in [3.05, 3.63) is 59.2 Å². The molecular formula is C20H22N2O7S. The fraction of sp³-hybridized carbons (Fsp3) is 0.250. The molecule has 0 heterocycles. The SMILES string of the molecule is CCNC(=O)NC(=O)COC(=O)c1ccc(OS(=O)(=O)c2cc(C)ccc2C)cc1. The lowest BCUT2D eigenvalue weighted by Crippen LogP contribution is -2.41. The molecule has 0 atom stereocenters. The Morgan fingerprint density at radius 1 is 1.00 bits per heavy atom. The first-order chi connectivity index (χ1) is 14.1. The highest BCUT2D eigenvalue weighted by Crippen LogP contribution is 2.22. The monoisotopic (exact) mass is 434 g/mol. The molecule has 0 saturated heterocycles. The number of rotatable bonds is 7. The van der Waals surface area contributed by atoms with Crippen molar-refractivity contribution in [3.8, 4) is 5.75 Å². The van der Waals surface area contributed by atoms with Crippen molar-refractivity contribution in [1.82, 2.24) is 10.6 Å². The molecule has 0 aliphatic heterocycles. The van der Waals surface area contributed by atoms with Crippen LogP contribution < -0.4 is 14.8 Å². The van der Waals surface area contributed by atoms with Gasteiger partial charge in [-0.05, 0) is 62.2 Å². The first-order valence-corrected chi connectivity index (χ1v) is 10.4. The van der Waals surface area contributed by atoms with Crippen molar-refractivity contribution in [1.29, 1.82) is 0 Å². The third kappa shape index (κ3) is 6.31. The van der Waals surface area contributed by atoms with Crippen molar-refractivity contribution in [3.63, 3.8) is 0 Å². The molecule has 3 amide bonds. The van der Waals surface area contributed by atoms with Gasteiger partial charge in [0, 0.05) is 6.54 Å². The summed E-state index contributed by atoms with van der Waals surface area (Å²) >= 11 is 0. The third-order valence-electron chi connectivity index (χ3n) is 3.83. The van der Waals surface area contributed by atoms with Gasteiger partial charge in [-0.25, -0.2) is 9.59 Å². The molecule has 0 unspecified atom stereocenters. The van der Waals surface area contributed by atoms with E-state index >= 15 is 0 Å². The van der Waals surface area contributed by atoms with Crippen LogP contribution in [0.25, 0.3) is 0 Å². The minimum Gasteiger partial charge on any atom is -0.452 e. The number of hydrogen-bond donors (Lipinski definition) is 2. The summed E-state index contributed by atoms with van der Waals surface area (Å²) in [6.07, 6.45) is 0. The van der Waals surface area contributed by atoms with Crippen LogP contribution in [-0.4, -0.2) is 39.5 Å². The van der Waals surface area contributed by atoms with Crippen LogP contribution in [0.1, 0.15) is 28.4 Å². The van der Waals surface area contributed by atoms with Crippen LogP contribution in [0.15, 0.2) is 47.4 Å². The molecule has 9 nitrogen and oxygen atoms in total. The van der Waals surface area contributed by atoms with Gasteiger partial charge >= 0.3 is 22.1 Å². The predicted molar refractivity (Wildman–Crippen MR) is 108 cm³/mol. The minimum absolute atomic E-state index is 0.0152. The zero-order chi connectivity index (χ0) is 22.3. The summed E-state index contributed by atoms with van der Waals surface area (Å²) in [7, 11) is -4.04. The van der Waals surface area contributed by atoms with E-state index < -0.39 is 34.6 Å². The van der Waals surface area contributed by atoms with E-state index in [0.29, 0.717) is 12.1 Å². The molecule has 2 N–H and O–H groups in total. The molecular weight excluding hydrogens is 412 g/mol. The summed E-state index contributed by atoms with van der Waals surface area (Å²) in [5.74, 6) is -1.58. The quantitative estimate of drug-likeness (QED) is 0.504. The van der Waals surface area contributed by atoms with Crippen LogP contribution in [-0.2, 0) is 19.6 Å². The zero-order valence-electron chi connectivity index (χ0n) is 16.7. The average molecular weight is 434 g/mol. The summed E-state index contributed by atoms with van der Waals surface area (Å²) in [6, 6.07) is 9.52. The number of nitrogens with one attached hydrogen (secondary N) is 2. The second-order valence-corrected chi connectivity index (χ2v) is 7.83. The van der Waals surface area contributed by atoms with Crippen molar-refractivity contribution in [2.24, 2.45) is 0 Å². The molecule has 0 aliphatic carbocycles. The van der Waals surface area contributed by atoms with Crippen LogP contribution in [0.2, 0.25) is 0 Å². The van der Waals surface area contributed by atoms with Gasteiger partial charge in [0.05, 0.1) is 5.56 Å². The average Bonchev–Trinajstić information content (AvgIpc) is 2.68. The van der Waals surface area contributed by atoms with E-state index in [4.69, 9.17) is 8.92 Å². The minimum atomic E-state index is -4.04. The topological polar surface area (TPSA) is 128 Å². The van der Waals surface area contributed by atoms with Gasteiger partial charge in [-0.15, -0.1) is 0 Å². The Kier molecular flexibility index (Phi) is 7.54. The number of urea groups is 1. The Labute approximate surface area is 174 Å². The molecule has 0 radical (unpaired) electrons. The van der Waals surface area contributed by atoms with Gasteiger partial charge in [-0.2, -0.15) is 8.42 Å². The molecule has 2 aromatic rings. The summed E-state index contributed by atoms with van der Waals surface area (Å²) in [6.45, 7) is 4.82. The number of carbonyl (C=O) groups excluding carboxylic acids is 3. The Morgan fingerprint density at radius 2 is 1.67 bits per heavy atom. The predicted octanol–water partition coefficient (Wildman–Crippen LogP) is 2.07. The van der Waals surface area contributed by atoms with E-state index in [1.165, 1.54) is 30.3 Å². The largest absolute Gasteiger partial charge is 0.452 e. The van der Waals surface area contributed by atoms with Gasteiger partial charge in [-0.1, -0.05) is 12.1 Å². The van der Waals surface area contributed by atoms with Crippen LogP contribution in [0, 0.1) is 13.8 Å². The Bertz CT molecular complexity index is 1050. The standard InChI is InChI=1S/C20H22N2O7S/c1-4-21-20(25)22-18(23)12-28-19(24)15-7-9-16(10-8-15)29-30(26,27)17-11-13(2)5-6-14(17)3/h5-11H,4,12H2,1-3H3,(H2,21,22,23,25). The van der Waals surface area contributed by atoms with Gasteiger partial charge in [0.2, 0.25) is 0 Å². The summed E-state index contributed by atoms with van der Waals surface area (Å²) < 4.78 is 35.0. The van der Waals surface area contributed by atoms with Gasteiger partial charge in [0.15, 0.2) is 6.61 Å². The lowest BCUT2D eigenvalue weighted by Gasteiger charge is -2.10. The van der Waals surface area contributed by atoms with E-state index in [2.05, 4.69) is 5.32 Å². The van der Waals surface area contributed by atoms with Crippen molar-refractivity contribution in [2.45, 2.75) is 25.7 Å². The molecule has 0 bridgehead atoms. The summed E-state index contributed by atoms with van der Waals surface area (Å²) in [4.78, 5) is 34.8. The molecule has 0 spiro atoms. The summed E-state index contributed by atoms with van der Waals surface area (Å²) in [5, 5.41) is 4.36. The van der Waals surface area contributed by atoms with Gasteiger partial charge < -0.3 is 14.2 Å². The molecule has 0 saturated carbocycles. The Hall–Kier alpha value is -3.40. The highest BCUT2D eigenvalue weighted by Gasteiger charge is 2.20. The number of imide groups is 1. The number of aryl methyl sites for hydroxylation is 2. The number of ether oxygens (including phenoxy) is 1. The first-order valence-electron chi connectivity index (χ1n) is 8.99. The second-order valence-electron chi connectivity index (χ2n) is 6.31. The van der Waals surface area contributed by atoms with E-state index in [9.17, 15) is 22.8 Å². The maximum atomic E-state index is 12.5. The molecule has 10 heteroatoms.